The Morgan fingerprint density at radius 2 is 1.87 bits per heavy atom. The van der Waals surface area contributed by atoms with Gasteiger partial charge in [-0.3, -0.25) is 5.32 Å². The van der Waals surface area contributed by atoms with Gasteiger partial charge < -0.3 is 10.4 Å². The van der Waals surface area contributed by atoms with Gasteiger partial charge in [-0.1, -0.05) is 41.2 Å². The van der Waals surface area contributed by atoms with Crippen LogP contribution in [0, 0.1) is 6.92 Å². The van der Waals surface area contributed by atoms with Crippen LogP contribution in [0.15, 0.2) is 24.3 Å². The Morgan fingerprint density at radius 1 is 1.17 bits per heavy atom. The van der Waals surface area contributed by atoms with Gasteiger partial charge in [0.2, 0.25) is 5.13 Å². The minimum Gasteiger partial charge on any atom is -0.393 e. The molecule has 1 aliphatic carbocycles. The molecule has 0 radical (unpaired) electrons. The topological polar surface area (TPSA) is 87.1 Å². The molecule has 0 atom stereocenters. The number of rotatable bonds is 3. The molecule has 23 heavy (non-hydrogen) atoms. The van der Waals surface area contributed by atoms with Crippen LogP contribution in [0.4, 0.5) is 9.93 Å². The SMILES string of the molecule is Cc1ccc(-c2nnc(NC(=O)NC3CCC(O)CC3)s2)cc1. The largest absolute Gasteiger partial charge is 0.393 e. The Morgan fingerprint density at radius 3 is 2.57 bits per heavy atom. The number of nitrogens with zero attached hydrogens (tertiary/aromatic N) is 2. The lowest BCUT2D eigenvalue weighted by Gasteiger charge is -2.25. The second-order valence-corrected chi connectivity index (χ2v) is 6.86. The highest BCUT2D eigenvalue weighted by molar-refractivity contribution is 7.18. The summed E-state index contributed by atoms with van der Waals surface area (Å²) in [5.74, 6) is 0. The number of aliphatic hydroxyl groups excluding tert-OH is 1. The zero-order chi connectivity index (χ0) is 16.2. The van der Waals surface area contributed by atoms with Crippen LogP contribution in [0.25, 0.3) is 10.6 Å². The predicted octanol–water partition coefficient (Wildman–Crippen LogP) is 2.94. The van der Waals surface area contributed by atoms with Crippen molar-refractivity contribution in [3.8, 4) is 10.6 Å². The van der Waals surface area contributed by atoms with Gasteiger partial charge in [-0.2, -0.15) is 0 Å². The minimum absolute atomic E-state index is 0.114. The van der Waals surface area contributed by atoms with Crippen LogP contribution in [0.5, 0.6) is 0 Å². The Bertz CT molecular complexity index is 663. The van der Waals surface area contributed by atoms with E-state index >= 15 is 0 Å². The van der Waals surface area contributed by atoms with Crippen molar-refractivity contribution in [2.45, 2.75) is 44.8 Å². The molecule has 6 nitrogen and oxygen atoms in total. The van der Waals surface area contributed by atoms with Gasteiger partial charge in [0.05, 0.1) is 6.10 Å². The summed E-state index contributed by atoms with van der Waals surface area (Å²) < 4.78 is 0. The van der Waals surface area contributed by atoms with Crippen molar-refractivity contribution in [1.82, 2.24) is 15.5 Å². The standard InChI is InChI=1S/C16H20N4O2S/c1-10-2-4-11(5-3-10)14-19-20-16(23-14)18-15(22)17-12-6-8-13(21)9-7-12/h2-5,12-13,21H,6-9H2,1H3,(H2,17,18,20,22). The van der Waals surface area contributed by atoms with Crippen molar-refractivity contribution in [2.24, 2.45) is 0 Å². The predicted molar refractivity (Wildman–Crippen MR) is 90.5 cm³/mol. The fourth-order valence-electron chi connectivity index (χ4n) is 2.63. The van der Waals surface area contributed by atoms with E-state index in [1.807, 2.05) is 31.2 Å². The number of carbonyl (C=O) groups is 1. The van der Waals surface area contributed by atoms with Gasteiger partial charge >= 0.3 is 6.03 Å². The third kappa shape index (κ3) is 4.27. The number of aromatic nitrogens is 2. The van der Waals surface area contributed by atoms with E-state index in [2.05, 4.69) is 20.8 Å². The van der Waals surface area contributed by atoms with Gasteiger partial charge in [-0.05, 0) is 32.6 Å². The first kappa shape index (κ1) is 15.9. The lowest BCUT2D eigenvalue weighted by molar-refractivity contribution is 0.118. The Hall–Kier alpha value is -1.99. The molecule has 2 aromatic rings. The summed E-state index contributed by atoms with van der Waals surface area (Å²) in [4.78, 5) is 12.0. The fourth-order valence-corrected chi connectivity index (χ4v) is 3.37. The van der Waals surface area contributed by atoms with Crippen LogP contribution in [0.2, 0.25) is 0 Å². The average Bonchev–Trinajstić information content (AvgIpc) is 2.98. The lowest BCUT2D eigenvalue weighted by Crippen LogP contribution is -2.40. The van der Waals surface area contributed by atoms with E-state index in [1.54, 1.807) is 0 Å². The van der Waals surface area contributed by atoms with E-state index in [1.165, 1.54) is 16.9 Å². The van der Waals surface area contributed by atoms with Crippen molar-refractivity contribution in [1.29, 1.82) is 0 Å². The maximum Gasteiger partial charge on any atom is 0.321 e. The number of hydrogen-bond acceptors (Lipinski definition) is 5. The van der Waals surface area contributed by atoms with Gasteiger partial charge in [0, 0.05) is 11.6 Å². The number of carbonyl (C=O) groups excluding carboxylic acids is 1. The molecule has 122 valence electrons. The van der Waals surface area contributed by atoms with E-state index < -0.39 is 0 Å². The third-order valence-corrected chi connectivity index (χ3v) is 4.86. The molecule has 1 heterocycles. The highest BCUT2D eigenvalue weighted by atomic mass is 32.1. The molecule has 1 saturated carbocycles. The molecule has 0 saturated heterocycles. The Kier molecular flexibility index (Phi) is 4.88. The molecule has 3 N–H and O–H groups in total. The molecular formula is C16H20N4O2S. The van der Waals surface area contributed by atoms with Crippen LogP contribution in [-0.4, -0.2) is 33.5 Å². The van der Waals surface area contributed by atoms with Crippen LogP contribution >= 0.6 is 11.3 Å². The molecule has 0 unspecified atom stereocenters. The fraction of sp³-hybridized carbons (Fsp3) is 0.438. The van der Waals surface area contributed by atoms with Crippen LogP contribution in [-0.2, 0) is 0 Å². The van der Waals surface area contributed by atoms with E-state index in [-0.39, 0.29) is 18.2 Å². The number of aliphatic hydroxyl groups is 1. The number of anilines is 1. The van der Waals surface area contributed by atoms with Crippen LogP contribution < -0.4 is 10.6 Å². The third-order valence-electron chi connectivity index (χ3n) is 3.98. The number of urea groups is 1. The molecule has 2 amide bonds. The van der Waals surface area contributed by atoms with Crippen molar-refractivity contribution in [3.63, 3.8) is 0 Å². The smallest absolute Gasteiger partial charge is 0.321 e. The van der Waals surface area contributed by atoms with Crippen molar-refractivity contribution in [2.75, 3.05) is 5.32 Å². The summed E-state index contributed by atoms with van der Waals surface area (Å²) in [7, 11) is 0. The molecule has 0 aliphatic heterocycles. The van der Waals surface area contributed by atoms with Gasteiger partial charge in [-0.15, -0.1) is 10.2 Å². The Balaban J connectivity index is 1.56. The molecule has 1 fully saturated rings. The summed E-state index contributed by atoms with van der Waals surface area (Å²) in [6.45, 7) is 2.03. The van der Waals surface area contributed by atoms with E-state index in [4.69, 9.17) is 0 Å². The zero-order valence-electron chi connectivity index (χ0n) is 13.0. The summed E-state index contributed by atoms with van der Waals surface area (Å²) >= 11 is 1.35. The van der Waals surface area contributed by atoms with E-state index in [9.17, 15) is 9.90 Å². The first-order valence-corrected chi connectivity index (χ1v) is 8.58. The van der Waals surface area contributed by atoms with Gasteiger partial charge in [0.25, 0.3) is 0 Å². The molecule has 3 rings (SSSR count). The van der Waals surface area contributed by atoms with E-state index in [0.29, 0.717) is 5.13 Å². The maximum atomic E-state index is 12.0. The lowest BCUT2D eigenvalue weighted by atomic mass is 9.93. The Labute approximate surface area is 139 Å². The number of hydrogen-bond donors (Lipinski definition) is 3. The second-order valence-electron chi connectivity index (χ2n) is 5.88. The summed E-state index contributed by atoms with van der Waals surface area (Å²) in [5.41, 5.74) is 2.18. The second kappa shape index (κ2) is 7.06. The van der Waals surface area contributed by atoms with Crippen molar-refractivity contribution < 1.29 is 9.90 Å². The molecule has 1 aliphatic rings. The highest BCUT2D eigenvalue weighted by Crippen LogP contribution is 2.26. The summed E-state index contributed by atoms with van der Waals surface area (Å²) in [6.07, 6.45) is 2.86. The van der Waals surface area contributed by atoms with E-state index in [0.717, 1.165) is 36.3 Å². The molecule has 1 aromatic heterocycles. The zero-order valence-corrected chi connectivity index (χ0v) is 13.8. The normalized spacial score (nSPS) is 21.0. The maximum absolute atomic E-state index is 12.0. The monoisotopic (exact) mass is 332 g/mol. The average molecular weight is 332 g/mol. The first-order valence-electron chi connectivity index (χ1n) is 7.76. The van der Waals surface area contributed by atoms with Gasteiger partial charge in [0.1, 0.15) is 5.01 Å². The van der Waals surface area contributed by atoms with Crippen molar-refractivity contribution >= 4 is 22.5 Å². The number of aryl methyl sites for hydroxylation is 1. The summed E-state index contributed by atoms with van der Waals surface area (Å²) in [6, 6.07) is 7.88. The molecular weight excluding hydrogens is 312 g/mol. The number of amides is 2. The van der Waals surface area contributed by atoms with Crippen molar-refractivity contribution in [3.05, 3.63) is 29.8 Å². The first-order chi connectivity index (χ1) is 11.1. The number of benzene rings is 1. The van der Waals surface area contributed by atoms with Crippen LogP contribution in [0.1, 0.15) is 31.2 Å². The van der Waals surface area contributed by atoms with Crippen LogP contribution in [0.3, 0.4) is 0 Å². The number of nitrogens with one attached hydrogen (secondary N) is 2. The summed E-state index contributed by atoms with van der Waals surface area (Å²) in [5, 5.41) is 24.5. The quantitative estimate of drug-likeness (QED) is 0.806. The highest BCUT2D eigenvalue weighted by Gasteiger charge is 2.21. The minimum atomic E-state index is -0.266. The molecule has 0 spiro atoms. The van der Waals surface area contributed by atoms with Gasteiger partial charge in [0.15, 0.2) is 0 Å². The molecule has 7 heteroatoms. The molecule has 0 bridgehead atoms. The van der Waals surface area contributed by atoms with Gasteiger partial charge in [-0.25, -0.2) is 4.79 Å². The molecule has 1 aromatic carbocycles.